The number of rotatable bonds is 2. The van der Waals surface area contributed by atoms with Crippen LogP contribution in [0.15, 0.2) is 18.2 Å². The molecule has 0 saturated carbocycles. The molecule has 0 unspecified atom stereocenters. The number of benzene rings is 1. The van der Waals surface area contributed by atoms with Crippen LogP contribution in [0.5, 0.6) is 0 Å². The minimum atomic E-state index is -4.61. The van der Waals surface area contributed by atoms with E-state index in [0.717, 1.165) is 0 Å². The van der Waals surface area contributed by atoms with Crippen molar-refractivity contribution in [3.05, 3.63) is 38.8 Å². The number of nitrogens with zero attached hydrogens (tertiary/aromatic N) is 2. The molecule has 1 N–H and O–H groups in total. The van der Waals surface area contributed by atoms with Crippen LogP contribution in [0.3, 0.4) is 0 Å². The normalized spacial score (nSPS) is 11.4. The monoisotopic (exact) mass is 357 g/mol. The molecule has 0 amide bonds. The van der Waals surface area contributed by atoms with Gasteiger partial charge in [-0.1, -0.05) is 39.9 Å². The van der Waals surface area contributed by atoms with Crippen LogP contribution in [-0.2, 0) is 6.18 Å². The highest BCUT2D eigenvalue weighted by Gasteiger charge is 2.38. The molecule has 1 aromatic carbocycles. The van der Waals surface area contributed by atoms with Crippen molar-refractivity contribution in [2.75, 3.05) is 5.32 Å². The first-order valence-electron chi connectivity index (χ1n) is 4.94. The van der Waals surface area contributed by atoms with Gasteiger partial charge in [-0.3, -0.25) is 0 Å². The zero-order chi connectivity index (χ0) is 14.9. The predicted molar refractivity (Wildman–Crippen MR) is 76.7 cm³/mol. The van der Waals surface area contributed by atoms with Crippen molar-refractivity contribution in [1.29, 1.82) is 0 Å². The van der Waals surface area contributed by atoms with Gasteiger partial charge in [0, 0.05) is 15.7 Å². The third-order valence-corrected chi connectivity index (χ3v) is 3.70. The lowest BCUT2D eigenvalue weighted by Gasteiger charge is -2.09. The summed E-state index contributed by atoms with van der Waals surface area (Å²) in [6, 6.07) is 4.47. The summed E-state index contributed by atoms with van der Waals surface area (Å²) in [7, 11) is 0. The van der Waals surface area contributed by atoms with Crippen LogP contribution in [-0.4, -0.2) is 14.6 Å². The molecule has 2 rings (SSSR count). The fraction of sp³-hybridized carbons (Fsp3) is 0.100. The Hall–Kier alpha value is -0.960. The molecule has 1 aromatic heterocycles. The molecule has 3 nitrogen and oxygen atoms in total. The Morgan fingerprint density at radius 3 is 2.35 bits per heavy atom. The summed E-state index contributed by atoms with van der Waals surface area (Å²) in [6.45, 7) is 0. The summed E-state index contributed by atoms with van der Waals surface area (Å²) < 4.78 is 41.3. The number of hydrogen-bond donors (Lipinski definition) is 1. The molecule has 0 spiro atoms. The number of hydrogen-bond acceptors (Lipinski definition) is 4. The predicted octanol–water partition coefficient (Wildman–Crippen LogP) is 4.65. The van der Waals surface area contributed by atoms with Crippen LogP contribution in [0.25, 0.3) is 0 Å². The molecular weight excluding hydrogens is 354 g/mol. The van der Waals surface area contributed by atoms with Gasteiger partial charge >= 0.3 is 6.18 Å². The maximum atomic E-state index is 12.7. The summed E-state index contributed by atoms with van der Waals surface area (Å²) >= 11 is 17.1. The Balaban J connectivity index is 2.27. The summed E-state index contributed by atoms with van der Waals surface area (Å²) in [5.74, 6) is 0. The van der Waals surface area contributed by atoms with Crippen LogP contribution < -0.4 is 5.32 Å². The van der Waals surface area contributed by atoms with Crippen molar-refractivity contribution in [1.82, 2.24) is 9.59 Å². The molecule has 0 radical (unpaired) electrons. The number of anilines is 1. The second-order valence-corrected chi connectivity index (χ2v) is 5.60. The molecule has 0 saturated heterocycles. The Morgan fingerprint density at radius 1 is 1.20 bits per heavy atom. The van der Waals surface area contributed by atoms with Crippen LogP contribution in [0.4, 0.5) is 18.9 Å². The van der Waals surface area contributed by atoms with Crippen molar-refractivity contribution < 1.29 is 13.2 Å². The minimum Gasteiger partial charge on any atom is -0.345 e. The summed E-state index contributed by atoms with van der Waals surface area (Å²) in [5, 5.41) is 6.35. The van der Waals surface area contributed by atoms with Gasteiger partial charge in [-0.15, -0.1) is 5.10 Å². The molecule has 10 heteroatoms. The third-order valence-electron chi connectivity index (χ3n) is 2.08. The lowest BCUT2D eigenvalue weighted by atomic mass is 10.3. The molecule has 2 aromatic rings. The minimum absolute atomic E-state index is 0.148. The maximum Gasteiger partial charge on any atom is 0.436 e. The van der Waals surface area contributed by atoms with Gasteiger partial charge in [-0.05, 0) is 29.7 Å². The number of aromatic nitrogens is 2. The van der Waals surface area contributed by atoms with Gasteiger partial charge < -0.3 is 5.32 Å². The first-order valence-corrected chi connectivity index (χ1v) is 6.88. The molecule has 0 aliphatic heterocycles. The Morgan fingerprint density at radius 2 is 1.80 bits per heavy atom. The van der Waals surface area contributed by atoms with E-state index in [1.807, 2.05) is 0 Å². The van der Waals surface area contributed by atoms with Crippen molar-refractivity contribution in [3.63, 3.8) is 0 Å². The second-order valence-electron chi connectivity index (χ2n) is 3.56. The highest BCUT2D eigenvalue weighted by Crippen LogP contribution is 2.32. The van der Waals surface area contributed by atoms with Gasteiger partial charge in [-0.2, -0.15) is 13.2 Å². The molecule has 0 fully saturated rings. The Labute approximate surface area is 130 Å². The van der Waals surface area contributed by atoms with Gasteiger partial charge in [0.05, 0.1) is 0 Å². The molecule has 106 valence electrons. The first kappa shape index (κ1) is 15.4. The average Bonchev–Trinajstić information content (AvgIpc) is 2.75. The third kappa shape index (κ3) is 3.57. The summed E-state index contributed by atoms with van der Waals surface area (Å²) in [5.41, 5.74) is -0.734. The van der Waals surface area contributed by atoms with Crippen LogP contribution in [0, 0.1) is 0 Å². The van der Waals surface area contributed by atoms with E-state index in [2.05, 4.69) is 14.9 Å². The van der Waals surface area contributed by atoms with Crippen LogP contribution in [0.1, 0.15) is 10.6 Å². The number of thiocarbonyl (C=S) groups is 1. The number of alkyl halides is 3. The van der Waals surface area contributed by atoms with Gasteiger partial charge in [0.15, 0.2) is 5.69 Å². The Bertz CT molecular complexity index is 637. The standard InChI is InChI=1S/C10H4Cl2F3N3S2/c11-4-1-5(12)3-6(2-4)16-9(19)7-8(10(13,14)15)17-18-20-7/h1-3H,(H,16,19). The number of halogens is 5. The fourth-order valence-corrected chi connectivity index (χ4v) is 2.77. The van der Waals surface area contributed by atoms with Gasteiger partial charge in [0.2, 0.25) is 0 Å². The summed E-state index contributed by atoms with van der Waals surface area (Å²) in [6.07, 6.45) is -4.61. The first-order chi connectivity index (χ1) is 9.27. The lowest BCUT2D eigenvalue weighted by Crippen LogP contribution is -2.16. The topological polar surface area (TPSA) is 37.8 Å². The Kier molecular flexibility index (Phi) is 4.48. The van der Waals surface area contributed by atoms with E-state index >= 15 is 0 Å². The fourth-order valence-electron chi connectivity index (χ4n) is 1.34. The van der Waals surface area contributed by atoms with Crippen LogP contribution in [0.2, 0.25) is 10.0 Å². The van der Waals surface area contributed by atoms with Crippen molar-refractivity contribution in [2.45, 2.75) is 6.18 Å². The van der Waals surface area contributed by atoms with Gasteiger partial charge in [-0.25, -0.2) is 0 Å². The van der Waals surface area contributed by atoms with E-state index in [4.69, 9.17) is 35.4 Å². The largest absolute Gasteiger partial charge is 0.436 e. The number of nitrogens with one attached hydrogen (secondary N) is 1. The molecule has 0 aliphatic carbocycles. The quantitative estimate of drug-likeness (QED) is 0.793. The molecule has 0 aliphatic rings. The highest BCUT2D eigenvalue weighted by molar-refractivity contribution is 7.81. The molecule has 0 atom stereocenters. The molecule has 20 heavy (non-hydrogen) atoms. The van der Waals surface area contributed by atoms with Gasteiger partial charge in [0.1, 0.15) is 9.87 Å². The molecule has 1 heterocycles. The SMILES string of the molecule is FC(F)(F)c1nnsc1C(=S)Nc1cc(Cl)cc(Cl)c1. The van der Waals surface area contributed by atoms with E-state index in [1.165, 1.54) is 18.2 Å². The van der Waals surface area contributed by atoms with E-state index < -0.39 is 11.9 Å². The average molecular weight is 358 g/mol. The maximum absolute atomic E-state index is 12.7. The zero-order valence-corrected chi connectivity index (χ0v) is 12.5. The highest BCUT2D eigenvalue weighted by atomic mass is 35.5. The second kappa shape index (κ2) is 5.80. The van der Waals surface area contributed by atoms with Crippen molar-refractivity contribution in [2.24, 2.45) is 0 Å². The van der Waals surface area contributed by atoms with E-state index in [1.54, 1.807) is 0 Å². The molecular formula is C10H4Cl2F3N3S2. The van der Waals surface area contributed by atoms with E-state index in [9.17, 15) is 13.2 Å². The zero-order valence-electron chi connectivity index (χ0n) is 9.33. The van der Waals surface area contributed by atoms with Crippen molar-refractivity contribution >= 4 is 57.6 Å². The smallest absolute Gasteiger partial charge is 0.345 e. The van der Waals surface area contributed by atoms with Crippen molar-refractivity contribution in [3.8, 4) is 0 Å². The lowest BCUT2D eigenvalue weighted by molar-refractivity contribution is -0.141. The van der Waals surface area contributed by atoms with Gasteiger partial charge in [0.25, 0.3) is 0 Å². The van der Waals surface area contributed by atoms with Crippen LogP contribution >= 0.6 is 47.0 Å². The summed E-state index contributed by atoms with van der Waals surface area (Å²) in [4.78, 5) is -0.408. The van der Waals surface area contributed by atoms with E-state index in [-0.39, 0.29) is 9.87 Å². The molecule has 0 bridgehead atoms. The van der Waals surface area contributed by atoms with E-state index in [0.29, 0.717) is 27.3 Å².